The van der Waals surface area contributed by atoms with Crippen LogP contribution in [0.5, 0.6) is 5.75 Å². The van der Waals surface area contributed by atoms with Crippen molar-refractivity contribution in [2.24, 2.45) is 0 Å². The molecule has 0 saturated carbocycles. The molecular weight excluding hydrogens is 470 g/mol. The Labute approximate surface area is 196 Å². The van der Waals surface area contributed by atoms with Crippen molar-refractivity contribution in [2.45, 2.75) is 19.3 Å². The number of hydrogen-bond donors (Lipinski definition) is 2. The first-order valence-electron chi connectivity index (χ1n) is 10.7. The Morgan fingerprint density at radius 1 is 1.19 bits per heavy atom. The van der Waals surface area contributed by atoms with Gasteiger partial charge in [-0.1, -0.05) is 34.5 Å². The van der Waals surface area contributed by atoms with Crippen molar-refractivity contribution in [1.29, 1.82) is 0 Å². The van der Waals surface area contributed by atoms with E-state index in [1.165, 1.54) is 25.6 Å². The number of anilines is 3. The maximum Gasteiger partial charge on any atom is 0.248 e. The molecule has 8 heteroatoms. The van der Waals surface area contributed by atoms with Crippen LogP contribution in [0.15, 0.2) is 59.4 Å². The highest BCUT2D eigenvalue weighted by Crippen LogP contribution is 2.33. The lowest BCUT2D eigenvalue weighted by molar-refractivity contribution is -0.111. The van der Waals surface area contributed by atoms with Crippen molar-refractivity contribution < 1.29 is 9.53 Å². The summed E-state index contributed by atoms with van der Waals surface area (Å²) in [4.78, 5) is 23.7. The number of carbonyl (C=O) groups excluding carboxylic acids is 1. The Balaban J connectivity index is 1.54. The lowest BCUT2D eigenvalue weighted by atomic mass is 10.1. The van der Waals surface area contributed by atoms with Crippen molar-refractivity contribution in [3.05, 3.63) is 59.4 Å². The van der Waals surface area contributed by atoms with Gasteiger partial charge in [-0.05, 0) is 50.2 Å². The molecule has 0 aliphatic carbocycles. The second-order valence-electron chi connectivity index (χ2n) is 7.68. The number of piperidine rings is 1. The van der Waals surface area contributed by atoms with Gasteiger partial charge in [-0.3, -0.25) is 9.69 Å². The standard InChI is InChI=1S/C24H26BrN5O2/c1-32-22-15-20-19(24(27-16-26-20)28-18-8-5-7-17(25)13-18)14-21(22)29-23(31)9-6-12-30-10-3-2-4-11-30/h5-9,13-16H,2-4,10-12H2,1H3,(H,29,31)(H,26,27,28)/b9-6+. The van der Waals surface area contributed by atoms with E-state index in [0.717, 1.165) is 35.2 Å². The van der Waals surface area contributed by atoms with E-state index in [9.17, 15) is 4.79 Å². The number of fused-ring (bicyclic) bond motifs is 1. The molecular formula is C24H26BrN5O2. The molecule has 7 nitrogen and oxygen atoms in total. The van der Waals surface area contributed by atoms with Crippen LogP contribution in [0.25, 0.3) is 10.9 Å². The third kappa shape index (κ3) is 5.63. The van der Waals surface area contributed by atoms with Crippen molar-refractivity contribution >= 4 is 49.9 Å². The number of benzene rings is 2. The van der Waals surface area contributed by atoms with Crippen molar-refractivity contribution in [3.8, 4) is 5.75 Å². The zero-order valence-electron chi connectivity index (χ0n) is 18.0. The number of halogens is 1. The summed E-state index contributed by atoms with van der Waals surface area (Å²) < 4.78 is 6.46. The molecule has 166 valence electrons. The Morgan fingerprint density at radius 3 is 2.81 bits per heavy atom. The number of methoxy groups -OCH3 is 1. The predicted molar refractivity (Wildman–Crippen MR) is 132 cm³/mol. The second-order valence-corrected chi connectivity index (χ2v) is 8.60. The van der Waals surface area contributed by atoms with Gasteiger partial charge in [-0.25, -0.2) is 9.97 Å². The van der Waals surface area contributed by atoms with Gasteiger partial charge in [-0.2, -0.15) is 0 Å². The van der Waals surface area contributed by atoms with Crippen LogP contribution in [0, 0.1) is 0 Å². The molecule has 1 aromatic heterocycles. The molecule has 1 aliphatic rings. The smallest absolute Gasteiger partial charge is 0.248 e. The van der Waals surface area contributed by atoms with Crippen LogP contribution in [0.4, 0.5) is 17.2 Å². The first-order valence-corrected chi connectivity index (χ1v) is 11.5. The largest absolute Gasteiger partial charge is 0.494 e. The summed E-state index contributed by atoms with van der Waals surface area (Å²) in [6.07, 6.45) is 8.76. The number of carbonyl (C=O) groups is 1. The zero-order valence-corrected chi connectivity index (χ0v) is 19.6. The van der Waals surface area contributed by atoms with Gasteiger partial charge >= 0.3 is 0 Å². The van der Waals surface area contributed by atoms with Gasteiger partial charge in [0, 0.05) is 34.2 Å². The topological polar surface area (TPSA) is 79.4 Å². The number of hydrogen-bond acceptors (Lipinski definition) is 6. The Kier molecular flexibility index (Phi) is 7.34. The molecule has 3 aromatic rings. The number of aromatic nitrogens is 2. The number of likely N-dealkylation sites (tertiary alicyclic amines) is 1. The first kappa shape index (κ1) is 22.2. The second kappa shape index (κ2) is 10.6. The van der Waals surface area contributed by atoms with E-state index in [-0.39, 0.29) is 5.91 Å². The van der Waals surface area contributed by atoms with Gasteiger partial charge < -0.3 is 15.4 Å². The molecule has 32 heavy (non-hydrogen) atoms. The highest BCUT2D eigenvalue weighted by atomic mass is 79.9. The van der Waals surface area contributed by atoms with E-state index in [0.29, 0.717) is 22.8 Å². The molecule has 0 bridgehead atoms. The van der Waals surface area contributed by atoms with E-state index in [1.54, 1.807) is 19.3 Å². The SMILES string of the molecule is COc1cc2ncnc(Nc3cccc(Br)c3)c2cc1NC(=O)/C=C/CN1CCCCC1. The van der Waals surface area contributed by atoms with Crippen LogP contribution in [0.1, 0.15) is 19.3 Å². The Morgan fingerprint density at radius 2 is 2.03 bits per heavy atom. The fourth-order valence-electron chi connectivity index (χ4n) is 3.78. The highest BCUT2D eigenvalue weighted by molar-refractivity contribution is 9.10. The monoisotopic (exact) mass is 495 g/mol. The highest BCUT2D eigenvalue weighted by Gasteiger charge is 2.13. The molecule has 1 aliphatic heterocycles. The van der Waals surface area contributed by atoms with E-state index < -0.39 is 0 Å². The van der Waals surface area contributed by atoms with Gasteiger partial charge in [-0.15, -0.1) is 0 Å². The molecule has 0 spiro atoms. The maximum atomic E-state index is 12.5. The van der Waals surface area contributed by atoms with Crippen LogP contribution in [0.3, 0.4) is 0 Å². The Bertz CT molecular complexity index is 1130. The van der Waals surface area contributed by atoms with Gasteiger partial charge in [0.2, 0.25) is 5.91 Å². The third-order valence-corrected chi connectivity index (χ3v) is 5.88. The third-order valence-electron chi connectivity index (χ3n) is 5.38. The lowest BCUT2D eigenvalue weighted by Gasteiger charge is -2.24. The molecule has 2 heterocycles. The number of rotatable bonds is 7. The molecule has 2 N–H and O–H groups in total. The first-order chi connectivity index (χ1) is 15.6. The quantitative estimate of drug-likeness (QED) is 0.442. The number of ether oxygens (including phenoxy) is 1. The average Bonchev–Trinajstić information content (AvgIpc) is 2.80. The number of amides is 1. The van der Waals surface area contributed by atoms with E-state index in [4.69, 9.17) is 4.74 Å². The summed E-state index contributed by atoms with van der Waals surface area (Å²) in [5.74, 6) is 0.993. The van der Waals surface area contributed by atoms with Crippen molar-refractivity contribution in [1.82, 2.24) is 14.9 Å². The van der Waals surface area contributed by atoms with Gasteiger partial charge in [0.05, 0.1) is 18.3 Å². The van der Waals surface area contributed by atoms with Gasteiger partial charge in [0.15, 0.2) is 0 Å². The lowest BCUT2D eigenvalue weighted by Crippen LogP contribution is -2.29. The van der Waals surface area contributed by atoms with Crippen LogP contribution in [0.2, 0.25) is 0 Å². The summed E-state index contributed by atoms with van der Waals surface area (Å²) in [7, 11) is 1.57. The average molecular weight is 496 g/mol. The molecule has 0 unspecified atom stereocenters. The molecule has 2 aromatic carbocycles. The summed E-state index contributed by atoms with van der Waals surface area (Å²) in [5, 5.41) is 7.03. The summed E-state index contributed by atoms with van der Waals surface area (Å²) in [6, 6.07) is 11.5. The summed E-state index contributed by atoms with van der Waals surface area (Å²) in [5.41, 5.74) is 2.18. The maximum absolute atomic E-state index is 12.5. The van der Waals surface area contributed by atoms with Gasteiger partial charge in [0.25, 0.3) is 0 Å². The molecule has 1 fully saturated rings. The molecule has 0 atom stereocenters. The predicted octanol–water partition coefficient (Wildman–Crippen LogP) is 5.13. The summed E-state index contributed by atoms with van der Waals surface area (Å²) >= 11 is 3.48. The van der Waals surface area contributed by atoms with Crippen molar-refractivity contribution in [2.75, 3.05) is 37.4 Å². The molecule has 0 radical (unpaired) electrons. The minimum atomic E-state index is -0.196. The minimum Gasteiger partial charge on any atom is -0.494 e. The van der Waals surface area contributed by atoms with E-state index in [1.807, 2.05) is 36.4 Å². The summed E-state index contributed by atoms with van der Waals surface area (Å²) in [6.45, 7) is 2.98. The normalized spacial score (nSPS) is 14.6. The Hall–Kier alpha value is -2.97. The number of nitrogens with zero attached hydrogens (tertiary/aromatic N) is 3. The van der Waals surface area contributed by atoms with E-state index in [2.05, 4.69) is 41.4 Å². The molecule has 4 rings (SSSR count). The molecule has 1 saturated heterocycles. The van der Waals surface area contributed by atoms with Crippen LogP contribution in [-0.2, 0) is 4.79 Å². The molecule has 1 amide bonds. The minimum absolute atomic E-state index is 0.196. The van der Waals surface area contributed by atoms with E-state index >= 15 is 0 Å². The van der Waals surface area contributed by atoms with Crippen LogP contribution >= 0.6 is 15.9 Å². The fraction of sp³-hybridized carbons (Fsp3) is 0.292. The van der Waals surface area contributed by atoms with Gasteiger partial charge in [0.1, 0.15) is 17.9 Å². The fourth-order valence-corrected chi connectivity index (χ4v) is 4.18. The van der Waals surface area contributed by atoms with Crippen molar-refractivity contribution in [3.63, 3.8) is 0 Å². The van der Waals surface area contributed by atoms with Crippen LogP contribution < -0.4 is 15.4 Å². The van der Waals surface area contributed by atoms with Crippen LogP contribution in [-0.4, -0.2) is 47.5 Å². The zero-order chi connectivity index (χ0) is 22.3. The number of nitrogens with one attached hydrogen (secondary N) is 2.